The van der Waals surface area contributed by atoms with Crippen molar-refractivity contribution in [3.63, 3.8) is 0 Å². The van der Waals surface area contributed by atoms with E-state index < -0.39 is 0 Å². The van der Waals surface area contributed by atoms with Crippen molar-refractivity contribution in [3.8, 4) is 0 Å². The lowest BCUT2D eigenvalue weighted by Crippen LogP contribution is -2.53. The van der Waals surface area contributed by atoms with Crippen LogP contribution in [0.3, 0.4) is 0 Å². The van der Waals surface area contributed by atoms with E-state index in [1.54, 1.807) is 4.90 Å². The van der Waals surface area contributed by atoms with Crippen LogP contribution in [0.25, 0.3) is 0 Å². The predicted octanol–water partition coefficient (Wildman–Crippen LogP) is -0.0304. The first-order chi connectivity index (χ1) is 8.61. The fraction of sp³-hybridized carbons (Fsp3) is 0.923. The van der Waals surface area contributed by atoms with Crippen molar-refractivity contribution in [2.75, 3.05) is 26.4 Å². The smallest absolute Gasteiger partial charge is 0.226 e. The number of rotatable bonds is 2. The number of amides is 1. The van der Waals surface area contributed by atoms with Gasteiger partial charge in [-0.2, -0.15) is 0 Å². The molecule has 3 N–H and O–H groups in total. The van der Waals surface area contributed by atoms with Gasteiger partial charge in [0, 0.05) is 18.5 Å². The Labute approximate surface area is 108 Å². The maximum Gasteiger partial charge on any atom is 0.226 e. The van der Waals surface area contributed by atoms with E-state index in [0.29, 0.717) is 25.7 Å². The molecule has 2 aliphatic rings. The molecule has 1 saturated carbocycles. The van der Waals surface area contributed by atoms with Crippen LogP contribution in [0.2, 0.25) is 0 Å². The summed E-state index contributed by atoms with van der Waals surface area (Å²) in [4.78, 5) is 14.3. The van der Waals surface area contributed by atoms with Gasteiger partial charge in [0.25, 0.3) is 0 Å². The van der Waals surface area contributed by atoms with E-state index in [1.165, 1.54) is 0 Å². The van der Waals surface area contributed by atoms with Crippen molar-refractivity contribution in [1.82, 2.24) is 4.90 Å². The SMILES string of the molecule is CC1CC(N)CC(C(=O)N2CCOCC2CO)C1. The minimum Gasteiger partial charge on any atom is -0.394 e. The fourth-order valence-electron chi connectivity index (χ4n) is 3.19. The van der Waals surface area contributed by atoms with Crippen molar-refractivity contribution in [1.29, 1.82) is 0 Å². The maximum absolute atomic E-state index is 12.5. The highest BCUT2D eigenvalue weighted by Crippen LogP contribution is 2.30. The molecule has 1 aliphatic heterocycles. The second kappa shape index (κ2) is 5.99. The molecule has 0 aromatic rings. The molecular formula is C13H24N2O3. The average Bonchev–Trinajstić information content (AvgIpc) is 2.36. The summed E-state index contributed by atoms with van der Waals surface area (Å²) in [7, 11) is 0. The third-order valence-corrected chi connectivity index (χ3v) is 4.05. The van der Waals surface area contributed by atoms with Crippen LogP contribution in [-0.2, 0) is 9.53 Å². The summed E-state index contributed by atoms with van der Waals surface area (Å²) in [5.74, 6) is 0.687. The Bertz CT molecular complexity index is 288. The number of aliphatic hydroxyl groups is 1. The van der Waals surface area contributed by atoms with Gasteiger partial charge < -0.3 is 20.5 Å². The number of hydrogen-bond donors (Lipinski definition) is 2. The third kappa shape index (κ3) is 3.02. The van der Waals surface area contributed by atoms with E-state index in [4.69, 9.17) is 10.5 Å². The van der Waals surface area contributed by atoms with E-state index >= 15 is 0 Å². The number of nitrogens with two attached hydrogens (primary N) is 1. The van der Waals surface area contributed by atoms with Gasteiger partial charge in [-0.3, -0.25) is 4.79 Å². The molecule has 5 heteroatoms. The molecule has 0 aromatic carbocycles. The summed E-state index contributed by atoms with van der Waals surface area (Å²) in [5.41, 5.74) is 6.01. The summed E-state index contributed by atoms with van der Waals surface area (Å²) >= 11 is 0. The number of ether oxygens (including phenoxy) is 1. The van der Waals surface area contributed by atoms with Gasteiger partial charge in [-0.05, 0) is 25.2 Å². The molecule has 4 unspecified atom stereocenters. The van der Waals surface area contributed by atoms with Crippen molar-refractivity contribution < 1.29 is 14.6 Å². The second-order valence-corrected chi connectivity index (χ2v) is 5.71. The van der Waals surface area contributed by atoms with Crippen LogP contribution >= 0.6 is 0 Å². The molecule has 0 bridgehead atoms. The van der Waals surface area contributed by atoms with Gasteiger partial charge in [-0.25, -0.2) is 0 Å². The fourth-order valence-corrected chi connectivity index (χ4v) is 3.19. The highest BCUT2D eigenvalue weighted by atomic mass is 16.5. The zero-order chi connectivity index (χ0) is 13.1. The number of nitrogens with zero attached hydrogens (tertiary/aromatic N) is 1. The second-order valence-electron chi connectivity index (χ2n) is 5.71. The van der Waals surface area contributed by atoms with Crippen molar-refractivity contribution in [2.45, 2.75) is 38.3 Å². The Kier molecular flexibility index (Phi) is 4.59. The quantitative estimate of drug-likeness (QED) is 0.727. The largest absolute Gasteiger partial charge is 0.394 e. The molecule has 0 aromatic heterocycles. The van der Waals surface area contributed by atoms with Gasteiger partial charge >= 0.3 is 0 Å². The normalized spacial score (nSPS) is 37.6. The summed E-state index contributed by atoms with van der Waals surface area (Å²) < 4.78 is 5.30. The molecule has 1 saturated heterocycles. The van der Waals surface area contributed by atoms with Crippen molar-refractivity contribution in [2.24, 2.45) is 17.6 Å². The molecule has 0 radical (unpaired) electrons. The topological polar surface area (TPSA) is 75.8 Å². The average molecular weight is 256 g/mol. The minimum absolute atomic E-state index is 0.0240. The monoisotopic (exact) mass is 256 g/mol. The molecule has 1 amide bonds. The van der Waals surface area contributed by atoms with Gasteiger partial charge in [0.1, 0.15) is 0 Å². The minimum atomic E-state index is -0.181. The van der Waals surface area contributed by atoms with Crippen LogP contribution in [0.4, 0.5) is 0 Å². The van der Waals surface area contributed by atoms with Gasteiger partial charge in [-0.15, -0.1) is 0 Å². The maximum atomic E-state index is 12.5. The third-order valence-electron chi connectivity index (χ3n) is 4.05. The first-order valence-corrected chi connectivity index (χ1v) is 6.86. The molecule has 1 heterocycles. The van der Waals surface area contributed by atoms with Crippen LogP contribution in [0.5, 0.6) is 0 Å². The molecule has 2 rings (SSSR count). The highest BCUT2D eigenvalue weighted by molar-refractivity contribution is 5.79. The first kappa shape index (κ1) is 13.8. The van der Waals surface area contributed by atoms with E-state index in [-0.39, 0.29) is 30.5 Å². The highest BCUT2D eigenvalue weighted by Gasteiger charge is 2.35. The Morgan fingerprint density at radius 2 is 2.22 bits per heavy atom. The van der Waals surface area contributed by atoms with Crippen LogP contribution in [-0.4, -0.2) is 54.4 Å². The molecule has 104 valence electrons. The lowest BCUT2D eigenvalue weighted by atomic mass is 9.79. The van der Waals surface area contributed by atoms with Gasteiger partial charge in [0.2, 0.25) is 5.91 Å². The van der Waals surface area contributed by atoms with E-state index in [0.717, 1.165) is 19.3 Å². The number of morpholine rings is 1. The molecule has 1 aliphatic carbocycles. The number of aliphatic hydroxyl groups excluding tert-OH is 1. The number of carbonyl (C=O) groups is 1. The zero-order valence-corrected chi connectivity index (χ0v) is 11.0. The van der Waals surface area contributed by atoms with Crippen LogP contribution < -0.4 is 5.73 Å². The summed E-state index contributed by atoms with van der Waals surface area (Å²) in [6.45, 7) is 3.72. The predicted molar refractivity (Wildman–Crippen MR) is 67.9 cm³/mol. The van der Waals surface area contributed by atoms with Crippen LogP contribution in [0.15, 0.2) is 0 Å². The van der Waals surface area contributed by atoms with E-state index in [1.807, 2.05) is 0 Å². The molecule has 2 fully saturated rings. The Morgan fingerprint density at radius 3 is 2.89 bits per heavy atom. The summed E-state index contributed by atoms with van der Waals surface area (Å²) in [6.07, 6.45) is 2.71. The summed E-state index contributed by atoms with van der Waals surface area (Å²) in [5, 5.41) is 9.31. The lowest BCUT2D eigenvalue weighted by molar-refractivity contribution is -0.147. The van der Waals surface area contributed by atoms with Crippen LogP contribution in [0, 0.1) is 11.8 Å². The Balaban J connectivity index is 2.00. The Hall–Kier alpha value is -0.650. The standard InChI is InChI=1S/C13H24N2O3/c1-9-4-10(6-11(14)5-9)13(17)15-2-3-18-8-12(15)7-16/h9-12,16H,2-8,14H2,1H3. The van der Waals surface area contributed by atoms with Crippen LogP contribution in [0.1, 0.15) is 26.2 Å². The van der Waals surface area contributed by atoms with E-state index in [2.05, 4.69) is 6.92 Å². The van der Waals surface area contributed by atoms with E-state index in [9.17, 15) is 9.90 Å². The molecule has 0 spiro atoms. The van der Waals surface area contributed by atoms with Gasteiger partial charge in [0.05, 0.1) is 25.9 Å². The number of hydrogen-bond acceptors (Lipinski definition) is 4. The lowest BCUT2D eigenvalue weighted by Gasteiger charge is -2.39. The molecule has 18 heavy (non-hydrogen) atoms. The van der Waals surface area contributed by atoms with Crippen molar-refractivity contribution >= 4 is 5.91 Å². The zero-order valence-electron chi connectivity index (χ0n) is 11.0. The molecule has 5 nitrogen and oxygen atoms in total. The van der Waals surface area contributed by atoms with Gasteiger partial charge in [-0.1, -0.05) is 6.92 Å². The van der Waals surface area contributed by atoms with Gasteiger partial charge in [0.15, 0.2) is 0 Å². The first-order valence-electron chi connectivity index (χ1n) is 6.86. The Morgan fingerprint density at radius 1 is 1.44 bits per heavy atom. The van der Waals surface area contributed by atoms with Crippen molar-refractivity contribution in [3.05, 3.63) is 0 Å². The summed E-state index contributed by atoms with van der Waals surface area (Å²) in [6, 6.07) is -0.0453. The molecule has 4 atom stereocenters. The number of carbonyl (C=O) groups excluding carboxylic acids is 1. The molecular weight excluding hydrogens is 232 g/mol.